The van der Waals surface area contributed by atoms with Crippen molar-refractivity contribution in [1.29, 1.82) is 0 Å². The van der Waals surface area contributed by atoms with Gasteiger partial charge in [-0.1, -0.05) is 250 Å². The minimum Gasteiger partial charge on any atom is -0.310 e. The van der Waals surface area contributed by atoms with Gasteiger partial charge in [-0.05, 0) is 138 Å². The smallest absolute Gasteiger partial charge is 0.0714 e. The van der Waals surface area contributed by atoms with E-state index < -0.39 is 5.41 Å². The Bertz CT molecular complexity index is 4330. The Morgan fingerprint density at radius 1 is 0.321 bits per heavy atom. The summed E-state index contributed by atoms with van der Waals surface area (Å²) in [6.07, 6.45) is 0. The van der Waals surface area contributed by atoms with Gasteiger partial charge >= 0.3 is 0 Å². The maximum atomic E-state index is 2.54. The number of aromatic nitrogens is 1. The number of anilines is 3. The van der Waals surface area contributed by atoms with Crippen LogP contribution in [0.5, 0.6) is 0 Å². The summed E-state index contributed by atoms with van der Waals surface area (Å²) in [4.78, 5) is 2.54. The highest BCUT2D eigenvalue weighted by atomic mass is 15.1. The van der Waals surface area contributed by atoms with Crippen molar-refractivity contribution >= 4 is 38.9 Å². The van der Waals surface area contributed by atoms with Gasteiger partial charge < -0.3 is 9.47 Å². The number of hydrogen-bond acceptors (Lipinski definition) is 1. The van der Waals surface area contributed by atoms with Crippen LogP contribution in [0.2, 0.25) is 0 Å². The van der Waals surface area contributed by atoms with Crippen LogP contribution in [0.4, 0.5) is 17.1 Å². The summed E-state index contributed by atoms with van der Waals surface area (Å²) in [6.45, 7) is 4.76. The van der Waals surface area contributed by atoms with E-state index in [1.54, 1.807) is 0 Å². The molecule has 2 nitrogen and oxygen atoms in total. The van der Waals surface area contributed by atoms with Crippen LogP contribution >= 0.6 is 0 Å². The van der Waals surface area contributed by atoms with Gasteiger partial charge in [0.2, 0.25) is 0 Å². The Morgan fingerprint density at radius 3 is 1.49 bits per heavy atom. The minimum absolute atomic E-state index is 0.187. The van der Waals surface area contributed by atoms with Gasteiger partial charge in [-0.3, -0.25) is 0 Å². The molecule has 0 unspecified atom stereocenters. The lowest BCUT2D eigenvalue weighted by atomic mass is 9.67. The van der Waals surface area contributed by atoms with Gasteiger partial charge in [0.05, 0.1) is 22.1 Å². The Hall–Kier alpha value is -9.76. The van der Waals surface area contributed by atoms with E-state index in [0.29, 0.717) is 0 Å². The zero-order chi connectivity index (χ0) is 52.0. The maximum absolute atomic E-state index is 2.54. The lowest BCUT2D eigenvalue weighted by molar-refractivity contribution is 0.660. The number of para-hydroxylation sites is 2. The molecule has 0 bridgehead atoms. The molecule has 2 heteroatoms. The van der Waals surface area contributed by atoms with Crippen LogP contribution < -0.4 is 4.90 Å². The van der Waals surface area contributed by atoms with Crippen molar-refractivity contribution in [2.75, 3.05) is 4.90 Å². The largest absolute Gasteiger partial charge is 0.310 e. The Morgan fingerprint density at radius 2 is 0.808 bits per heavy atom. The van der Waals surface area contributed by atoms with E-state index in [1.807, 2.05) is 0 Å². The van der Waals surface area contributed by atoms with E-state index in [0.717, 1.165) is 22.7 Å². The molecule has 0 N–H and O–H groups in total. The molecule has 13 aromatic rings. The number of rotatable bonds is 9. The van der Waals surface area contributed by atoms with Gasteiger partial charge in [0.15, 0.2) is 0 Å². The standard InChI is InChI=1S/C76H54N2/c1-75(2)66-30-15-12-26-62(66)63-49-48-60(50-69(63)75)77(59-46-40-55(41-47-59)61-29-18-34-71-73(61)65-28-14-17-33-70(65)78(71)58-24-10-5-11-25-58)72-35-19-32-68-74(72)64-27-13-16-31-67(64)76(68,56-42-36-53(37-43-56)51-20-6-3-7-21-51)57-44-38-54(39-45-57)52-22-8-4-9-23-52/h3-50H,1-2H3. The highest BCUT2D eigenvalue weighted by Crippen LogP contribution is 2.60. The minimum atomic E-state index is -0.638. The molecule has 0 spiro atoms. The lowest BCUT2D eigenvalue weighted by Gasteiger charge is -2.35. The fourth-order valence-electron chi connectivity index (χ4n) is 13.5. The predicted molar refractivity (Wildman–Crippen MR) is 327 cm³/mol. The summed E-state index contributed by atoms with van der Waals surface area (Å²) in [5, 5.41) is 2.50. The fourth-order valence-corrected chi connectivity index (χ4v) is 13.5. The summed E-state index contributed by atoms with van der Waals surface area (Å²) in [5.41, 5.74) is 26.1. The third kappa shape index (κ3) is 6.89. The van der Waals surface area contributed by atoms with Gasteiger partial charge in [0, 0.05) is 38.8 Å². The third-order valence-corrected chi connectivity index (χ3v) is 17.1. The van der Waals surface area contributed by atoms with Gasteiger partial charge in [0.25, 0.3) is 0 Å². The Kier molecular flexibility index (Phi) is 10.5. The quantitative estimate of drug-likeness (QED) is 0.140. The molecule has 1 heterocycles. The summed E-state index contributed by atoms with van der Waals surface area (Å²) in [7, 11) is 0. The van der Waals surface area contributed by atoms with Crippen molar-refractivity contribution in [2.45, 2.75) is 24.7 Å². The predicted octanol–water partition coefficient (Wildman–Crippen LogP) is 19.9. The Labute approximate surface area is 456 Å². The molecule has 1 aromatic heterocycles. The second-order valence-corrected chi connectivity index (χ2v) is 21.6. The van der Waals surface area contributed by atoms with E-state index in [4.69, 9.17) is 0 Å². The van der Waals surface area contributed by atoms with Gasteiger partial charge in [-0.15, -0.1) is 0 Å². The molecule has 0 saturated carbocycles. The molecular weight excluding hydrogens is 941 g/mol. The number of nitrogens with zero attached hydrogens (tertiary/aromatic N) is 2. The number of benzene rings is 12. The summed E-state index contributed by atoms with van der Waals surface area (Å²) < 4.78 is 2.40. The van der Waals surface area contributed by atoms with E-state index in [2.05, 4.69) is 315 Å². The SMILES string of the molecule is CC1(C)c2ccccc2-c2ccc(N(c3ccc(-c4cccc5c4c4ccccc4n5-c4ccccc4)cc3)c3cccc4c3-c3ccccc3C4(c3ccc(-c4ccccc4)cc3)c3ccc(-c4ccccc4)cc3)cc21. The third-order valence-electron chi connectivity index (χ3n) is 17.1. The topological polar surface area (TPSA) is 8.17 Å². The van der Waals surface area contributed by atoms with Crippen molar-refractivity contribution < 1.29 is 0 Å². The van der Waals surface area contributed by atoms with E-state index >= 15 is 0 Å². The van der Waals surface area contributed by atoms with Gasteiger partial charge in [0.1, 0.15) is 0 Å². The fraction of sp³-hybridized carbons (Fsp3) is 0.0526. The molecule has 78 heavy (non-hydrogen) atoms. The van der Waals surface area contributed by atoms with E-state index in [1.165, 1.54) is 111 Å². The van der Waals surface area contributed by atoms with Crippen LogP contribution in [0.3, 0.4) is 0 Å². The normalized spacial score (nSPS) is 13.5. The van der Waals surface area contributed by atoms with Crippen molar-refractivity contribution in [1.82, 2.24) is 4.57 Å². The van der Waals surface area contributed by atoms with Crippen LogP contribution in [-0.4, -0.2) is 4.57 Å². The van der Waals surface area contributed by atoms with Crippen molar-refractivity contribution in [3.8, 4) is 61.3 Å². The Balaban J connectivity index is 0.951. The van der Waals surface area contributed by atoms with Crippen molar-refractivity contribution in [3.05, 3.63) is 325 Å². The molecule has 12 aromatic carbocycles. The van der Waals surface area contributed by atoms with Gasteiger partial charge in [-0.2, -0.15) is 0 Å². The van der Waals surface area contributed by atoms with Crippen LogP contribution in [0, 0.1) is 0 Å². The molecule has 0 atom stereocenters. The molecule has 2 aliphatic carbocycles. The first-order valence-electron chi connectivity index (χ1n) is 27.2. The maximum Gasteiger partial charge on any atom is 0.0714 e. The number of fused-ring (bicyclic) bond motifs is 9. The van der Waals surface area contributed by atoms with E-state index in [-0.39, 0.29) is 5.41 Å². The number of hydrogen-bond donors (Lipinski definition) is 0. The highest BCUT2D eigenvalue weighted by molar-refractivity contribution is 6.16. The summed E-state index contributed by atoms with van der Waals surface area (Å²) >= 11 is 0. The lowest BCUT2D eigenvalue weighted by Crippen LogP contribution is -2.28. The zero-order valence-electron chi connectivity index (χ0n) is 43.6. The molecule has 0 aliphatic heterocycles. The van der Waals surface area contributed by atoms with Crippen LogP contribution in [0.1, 0.15) is 47.2 Å². The summed E-state index contributed by atoms with van der Waals surface area (Å²) in [6, 6.07) is 108. The highest BCUT2D eigenvalue weighted by Gasteiger charge is 2.48. The average molecular weight is 995 g/mol. The molecular formula is C76H54N2. The van der Waals surface area contributed by atoms with Crippen LogP contribution in [0.15, 0.2) is 291 Å². The van der Waals surface area contributed by atoms with Crippen molar-refractivity contribution in [2.24, 2.45) is 0 Å². The van der Waals surface area contributed by atoms with Crippen LogP contribution in [0.25, 0.3) is 83.1 Å². The molecule has 2 aliphatic rings. The molecule has 0 saturated heterocycles. The molecule has 15 rings (SSSR count). The first kappa shape index (κ1) is 45.6. The monoisotopic (exact) mass is 994 g/mol. The zero-order valence-corrected chi connectivity index (χ0v) is 43.6. The average Bonchev–Trinajstić information content (AvgIpc) is 4.30. The molecule has 368 valence electrons. The van der Waals surface area contributed by atoms with Gasteiger partial charge in [-0.25, -0.2) is 0 Å². The summed E-state index contributed by atoms with van der Waals surface area (Å²) in [5.74, 6) is 0. The van der Waals surface area contributed by atoms with Crippen LogP contribution in [-0.2, 0) is 10.8 Å². The van der Waals surface area contributed by atoms with Crippen molar-refractivity contribution in [3.63, 3.8) is 0 Å². The second kappa shape index (κ2) is 17.9. The second-order valence-electron chi connectivity index (χ2n) is 21.6. The molecule has 0 amide bonds. The molecule has 0 fully saturated rings. The first-order chi connectivity index (χ1) is 38.5. The van der Waals surface area contributed by atoms with E-state index in [9.17, 15) is 0 Å². The molecule has 0 radical (unpaired) electrons. The first-order valence-corrected chi connectivity index (χ1v) is 27.2.